The van der Waals surface area contributed by atoms with Gasteiger partial charge in [0.25, 0.3) is 11.1 Å². The van der Waals surface area contributed by atoms with Crippen molar-refractivity contribution >= 4 is 0 Å². The van der Waals surface area contributed by atoms with E-state index < -0.39 is 17.3 Å². The van der Waals surface area contributed by atoms with Crippen LogP contribution in [0.15, 0.2) is 64.4 Å². The normalized spacial score (nSPS) is 11.0. The highest BCUT2D eigenvalue weighted by Gasteiger charge is 2.16. The van der Waals surface area contributed by atoms with Crippen LogP contribution in [0.1, 0.15) is 5.56 Å². The smallest absolute Gasteiger partial charge is 0.258 e. The lowest BCUT2D eigenvalue weighted by Gasteiger charge is -2.12. The third kappa shape index (κ3) is 3.52. The van der Waals surface area contributed by atoms with Gasteiger partial charge in [-0.05, 0) is 29.8 Å². The lowest BCUT2D eigenvalue weighted by atomic mass is 10.0. The second kappa shape index (κ2) is 7.43. The van der Waals surface area contributed by atoms with E-state index in [4.69, 9.17) is 0 Å². The maximum absolute atomic E-state index is 14.9. The number of nitrogens with zero attached hydrogens (tertiary/aromatic N) is 5. The van der Waals surface area contributed by atoms with Crippen molar-refractivity contribution in [1.82, 2.24) is 23.9 Å². The molecule has 9 heteroatoms. The number of aryl methyl sites for hydroxylation is 2. The van der Waals surface area contributed by atoms with Crippen LogP contribution in [-0.4, -0.2) is 29.0 Å². The van der Waals surface area contributed by atoms with Gasteiger partial charge in [-0.15, -0.1) is 0 Å². The summed E-state index contributed by atoms with van der Waals surface area (Å²) in [5.41, 5.74) is 0.653. The molecule has 152 valence electrons. The summed E-state index contributed by atoms with van der Waals surface area (Å²) in [7, 11) is 3.33. The van der Waals surface area contributed by atoms with Gasteiger partial charge in [-0.3, -0.25) is 18.8 Å². The first-order valence-corrected chi connectivity index (χ1v) is 9.09. The minimum Gasteiger partial charge on any atom is -0.493 e. The first kappa shape index (κ1) is 19.3. The highest BCUT2D eigenvalue weighted by molar-refractivity contribution is 5.63. The van der Waals surface area contributed by atoms with Gasteiger partial charge in [0.15, 0.2) is 5.82 Å². The van der Waals surface area contributed by atoms with Crippen molar-refractivity contribution < 1.29 is 9.50 Å². The Morgan fingerprint density at radius 3 is 2.57 bits per heavy atom. The Bertz CT molecular complexity index is 1370. The standard InChI is InChI=1S/C21H18FN5O3/c1-25-8-3-4-15(21(25)30)13-5-6-14(16(22)10-13)12-27-19(29)11-18(28)23-20(27)17-7-9-26(2)24-17/h3-11,28H,12H2,1-2H3. The van der Waals surface area contributed by atoms with Crippen LogP contribution in [0.2, 0.25) is 0 Å². The molecule has 1 N–H and O–H groups in total. The second-order valence-corrected chi connectivity index (χ2v) is 6.88. The van der Waals surface area contributed by atoms with Crippen LogP contribution in [0, 0.1) is 5.82 Å². The summed E-state index contributed by atoms with van der Waals surface area (Å²) >= 11 is 0. The average molecular weight is 407 g/mol. The molecule has 0 fully saturated rings. The summed E-state index contributed by atoms with van der Waals surface area (Å²) in [6.45, 7) is -0.114. The highest BCUT2D eigenvalue weighted by Crippen LogP contribution is 2.22. The fourth-order valence-electron chi connectivity index (χ4n) is 3.21. The van der Waals surface area contributed by atoms with Crippen LogP contribution in [0.5, 0.6) is 5.88 Å². The molecule has 0 spiro atoms. The zero-order valence-electron chi connectivity index (χ0n) is 16.3. The van der Waals surface area contributed by atoms with Crippen LogP contribution in [-0.2, 0) is 20.6 Å². The summed E-state index contributed by atoms with van der Waals surface area (Å²) in [5, 5.41) is 14.0. The number of halogens is 1. The molecule has 8 nitrogen and oxygen atoms in total. The number of pyridine rings is 1. The molecule has 1 aromatic carbocycles. The second-order valence-electron chi connectivity index (χ2n) is 6.88. The van der Waals surface area contributed by atoms with E-state index in [-0.39, 0.29) is 23.5 Å². The predicted molar refractivity (Wildman–Crippen MR) is 109 cm³/mol. The molecular weight excluding hydrogens is 389 g/mol. The molecule has 0 aliphatic heterocycles. The molecule has 30 heavy (non-hydrogen) atoms. The van der Waals surface area contributed by atoms with Crippen molar-refractivity contribution in [3.05, 3.63) is 86.9 Å². The van der Waals surface area contributed by atoms with Gasteiger partial charge in [-0.25, -0.2) is 4.39 Å². The molecule has 0 bridgehead atoms. The third-order valence-corrected chi connectivity index (χ3v) is 4.75. The lowest BCUT2D eigenvalue weighted by Crippen LogP contribution is -2.23. The highest BCUT2D eigenvalue weighted by atomic mass is 19.1. The van der Waals surface area contributed by atoms with Crippen molar-refractivity contribution in [3.63, 3.8) is 0 Å². The molecule has 0 unspecified atom stereocenters. The molecule has 4 aromatic rings. The van der Waals surface area contributed by atoms with Crippen LogP contribution < -0.4 is 11.1 Å². The zero-order valence-corrected chi connectivity index (χ0v) is 16.3. The quantitative estimate of drug-likeness (QED) is 0.558. The molecule has 0 radical (unpaired) electrons. The van der Waals surface area contributed by atoms with Crippen molar-refractivity contribution in [2.45, 2.75) is 6.54 Å². The van der Waals surface area contributed by atoms with Gasteiger partial charge in [-0.2, -0.15) is 10.1 Å². The molecule has 0 aliphatic carbocycles. The minimum atomic E-state index is -0.564. The molecule has 0 saturated carbocycles. The summed E-state index contributed by atoms with van der Waals surface area (Å²) in [4.78, 5) is 28.8. The molecule has 3 heterocycles. The number of rotatable bonds is 4. The predicted octanol–water partition coefficient (Wildman–Crippen LogP) is 1.90. The molecule has 0 atom stereocenters. The Hall–Kier alpha value is -4.01. The monoisotopic (exact) mass is 407 g/mol. The van der Waals surface area contributed by atoms with Crippen molar-refractivity contribution in [3.8, 4) is 28.5 Å². The van der Waals surface area contributed by atoms with E-state index in [2.05, 4.69) is 10.1 Å². The number of hydrogen-bond donors (Lipinski definition) is 1. The van der Waals surface area contributed by atoms with Gasteiger partial charge in [0.2, 0.25) is 5.88 Å². The van der Waals surface area contributed by atoms with Gasteiger partial charge in [0.1, 0.15) is 11.5 Å². The molecule has 0 amide bonds. The summed E-state index contributed by atoms with van der Waals surface area (Å²) in [6, 6.07) is 10.4. The van der Waals surface area contributed by atoms with Crippen LogP contribution in [0.3, 0.4) is 0 Å². The molecular formula is C21H18FN5O3. The van der Waals surface area contributed by atoms with Gasteiger partial charge >= 0.3 is 0 Å². The average Bonchev–Trinajstić information content (AvgIpc) is 3.13. The van der Waals surface area contributed by atoms with E-state index in [1.165, 1.54) is 25.9 Å². The van der Waals surface area contributed by atoms with Crippen molar-refractivity contribution in [2.24, 2.45) is 14.1 Å². The van der Waals surface area contributed by atoms with Gasteiger partial charge < -0.3 is 9.67 Å². The van der Waals surface area contributed by atoms with Crippen molar-refractivity contribution in [2.75, 3.05) is 0 Å². The van der Waals surface area contributed by atoms with E-state index in [1.54, 1.807) is 50.8 Å². The molecule has 0 aliphatic rings. The number of aromatic hydroxyl groups is 1. The van der Waals surface area contributed by atoms with E-state index in [0.29, 0.717) is 16.8 Å². The largest absolute Gasteiger partial charge is 0.493 e. The van der Waals surface area contributed by atoms with Gasteiger partial charge in [0.05, 0.1) is 12.6 Å². The number of benzene rings is 1. The maximum atomic E-state index is 14.9. The fraction of sp³-hybridized carbons (Fsp3) is 0.143. The molecule has 4 rings (SSSR count). The van der Waals surface area contributed by atoms with Crippen LogP contribution >= 0.6 is 0 Å². The Morgan fingerprint density at radius 2 is 1.87 bits per heavy atom. The SMILES string of the molecule is Cn1ccc(-c2nc(O)cc(=O)n2Cc2ccc(-c3cccn(C)c3=O)cc2F)n1. The van der Waals surface area contributed by atoms with E-state index in [0.717, 1.165) is 6.07 Å². The zero-order chi connectivity index (χ0) is 21.4. The minimum absolute atomic E-state index is 0.114. The molecule has 3 aromatic heterocycles. The van der Waals surface area contributed by atoms with E-state index in [1.807, 2.05) is 0 Å². The first-order chi connectivity index (χ1) is 14.3. The Balaban J connectivity index is 1.76. The number of hydrogen-bond acceptors (Lipinski definition) is 5. The number of aromatic nitrogens is 5. The maximum Gasteiger partial charge on any atom is 0.258 e. The third-order valence-electron chi connectivity index (χ3n) is 4.75. The van der Waals surface area contributed by atoms with Gasteiger partial charge in [0, 0.05) is 37.6 Å². The fourth-order valence-corrected chi connectivity index (χ4v) is 3.21. The first-order valence-electron chi connectivity index (χ1n) is 9.09. The van der Waals surface area contributed by atoms with E-state index in [9.17, 15) is 19.1 Å². The summed E-state index contributed by atoms with van der Waals surface area (Å²) in [5.74, 6) is -0.876. The Labute approximate surface area is 170 Å². The molecule has 0 saturated heterocycles. The Morgan fingerprint density at radius 1 is 1.07 bits per heavy atom. The summed E-state index contributed by atoms with van der Waals surface area (Å²) in [6.07, 6.45) is 3.30. The Kier molecular flexibility index (Phi) is 4.78. The van der Waals surface area contributed by atoms with Crippen LogP contribution in [0.4, 0.5) is 4.39 Å². The summed E-state index contributed by atoms with van der Waals surface area (Å²) < 4.78 is 19.1. The topological polar surface area (TPSA) is 94.9 Å². The van der Waals surface area contributed by atoms with Gasteiger partial charge in [-0.1, -0.05) is 12.1 Å². The van der Waals surface area contributed by atoms with Crippen LogP contribution in [0.25, 0.3) is 22.6 Å². The van der Waals surface area contributed by atoms with E-state index >= 15 is 0 Å². The lowest BCUT2D eigenvalue weighted by molar-refractivity contribution is 0.448. The van der Waals surface area contributed by atoms with Crippen molar-refractivity contribution in [1.29, 1.82) is 0 Å².